The first-order valence-electron chi connectivity index (χ1n) is 5.14. The number of primary amides is 1. The van der Waals surface area contributed by atoms with Gasteiger partial charge in [-0.3, -0.25) is 0 Å². The van der Waals surface area contributed by atoms with Crippen LogP contribution in [0.1, 0.15) is 12.0 Å². The molecule has 0 aliphatic heterocycles. The third kappa shape index (κ3) is 3.43. The molecule has 0 saturated heterocycles. The van der Waals surface area contributed by atoms with E-state index in [4.69, 9.17) is 16.2 Å². The number of nitrogens with one attached hydrogen (secondary N) is 1. The minimum Gasteiger partial charge on any atom is -0.491 e. The predicted octanol–water partition coefficient (Wildman–Crippen LogP) is 1.21. The number of carbonyl (C=O) groups excluding carboxylic acids is 1. The lowest BCUT2D eigenvalue weighted by atomic mass is 10.2. The highest BCUT2D eigenvalue weighted by Gasteiger charge is 2.08. The first kappa shape index (κ1) is 12.3. The summed E-state index contributed by atoms with van der Waals surface area (Å²) in [6.45, 7) is 2.97. The van der Waals surface area contributed by atoms with Crippen LogP contribution in [0, 0.1) is 6.92 Å². The number of rotatable bonds is 5. The number of hydrogen-bond acceptors (Lipinski definition) is 3. The van der Waals surface area contributed by atoms with Crippen LogP contribution < -0.4 is 21.5 Å². The molecule has 1 aromatic rings. The van der Waals surface area contributed by atoms with Crippen molar-refractivity contribution in [3.63, 3.8) is 0 Å². The van der Waals surface area contributed by atoms with Crippen molar-refractivity contribution in [2.75, 3.05) is 18.5 Å². The van der Waals surface area contributed by atoms with Gasteiger partial charge in [-0.2, -0.15) is 0 Å². The minimum atomic E-state index is -0.599. The van der Waals surface area contributed by atoms with Gasteiger partial charge >= 0.3 is 6.03 Å². The summed E-state index contributed by atoms with van der Waals surface area (Å²) in [7, 11) is 0. The van der Waals surface area contributed by atoms with Gasteiger partial charge in [0.15, 0.2) is 0 Å². The summed E-state index contributed by atoms with van der Waals surface area (Å²) < 4.78 is 5.51. The molecule has 1 rings (SSSR count). The molecular weight excluding hydrogens is 206 g/mol. The molecule has 0 aliphatic carbocycles. The molecule has 5 nitrogen and oxygen atoms in total. The number of amides is 2. The Morgan fingerprint density at radius 1 is 1.50 bits per heavy atom. The zero-order chi connectivity index (χ0) is 12.0. The fraction of sp³-hybridized carbons (Fsp3) is 0.364. The summed E-state index contributed by atoms with van der Waals surface area (Å²) in [6, 6.07) is 4.92. The van der Waals surface area contributed by atoms with Crippen molar-refractivity contribution in [2.24, 2.45) is 11.5 Å². The molecule has 0 aliphatic rings. The number of ether oxygens (including phenoxy) is 1. The second kappa shape index (κ2) is 5.97. The van der Waals surface area contributed by atoms with Crippen LogP contribution in [-0.2, 0) is 0 Å². The van der Waals surface area contributed by atoms with Crippen molar-refractivity contribution in [1.29, 1.82) is 0 Å². The van der Waals surface area contributed by atoms with Crippen LogP contribution in [0.25, 0.3) is 0 Å². The molecule has 88 valence electrons. The van der Waals surface area contributed by atoms with Crippen molar-refractivity contribution in [3.8, 4) is 5.75 Å². The molecule has 0 unspecified atom stereocenters. The zero-order valence-corrected chi connectivity index (χ0v) is 9.32. The Morgan fingerprint density at radius 2 is 2.25 bits per heavy atom. The van der Waals surface area contributed by atoms with E-state index < -0.39 is 6.03 Å². The molecule has 5 N–H and O–H groups in total. The maximum absolute atomic E-state index is 10.8. The summed E-state index contributed by atoms with van der Waals surface area (Å²) in [5.41, 5.74) is 12.0. The standard InChI is InChI=1S/C11H17N3O2/c1-8-4-2-5-9(16-7-3-6-12)10(8)14-11(13)15/h2,4-5H,3,6-7,12H2,1H3,(H3,13,14,15). The summed E-state index contributed by atoms with van der Waals surface area (Å²) in [5, 5.41) is 2.55. The Bertz CT molecular complexity index is 366. The van der Waals surface area contributed by atoms with E-state index in [2.05, 4.69) is 5.32 Å². The molecule has 1 aromatic carbocycles. The van der Waals surface area contributed by atoms with E-state index >= 15 is 0 Å². The first-order chi connectivity index (χ1) is 7.65. The van der Waals surface area contributed by atoms with Crippen LogP contribution in [0.2, 0.25) is 0 Å². The van der Waals surface area contributed by atoms with E-state index in [9.17, 15) is 4.79 Å². The highest BCUT2D eigenvalue weighted by Crippen LogP contribution is 2.27. The average Bonchev–Trinajstić information content (AvgIpc) is 2.23. The Balaban J connectivity index is 2.80. The summed E-state index contributed by atoms with van der Waals surface area (Å²) in [6.07, 6.45) is 0.768. The second-order valence-corrected chi connectivity index (χ2v) is 3.43. The number of hydrogen-bond donors (Lipinski definition) is 3. The van der Waals surface area contributed by atoms with E-state index in [0.29, 0.717) is 24.6 Å². The van der Waals surface area contributed by atoms with E-state index in [0.717, 1.165) is 12.0 Å². The van der Waals surface area contributed by atoms with Crippen LogP contribution in [0.4, 0.5) is 10.5 Å². The maximum Gasteiger partial charge on any atom is 0.316 e. The highest BCUT2D eigenvalue weighted by atomic mass is 16.5. The molecule has 0 saturated carbocycles. The third-order valence-corrected chi connectivity index (χ3v) is 2.09. The molecule has 0 heterocycles. The van der Waals surface area contributed by atoms with Gasteiger partial charge in [0.05, 0.1) is 12.3 Å². The van der Waals surface area contributed by atoms with Crippen LogP contribution in [0.5, 0.6) is 5.75 Å². The number of carbonyl (C=O) groups is 1. The quantitative estimate of drug-likeness (QED) is 0.655. The van der Waals surface area contributed by atoms with Crippen LogP contribution >= 0.6 is 0 Å². The number of aryl methyl sites for hydroxylation is 1. The molecular formula is C11H17N3O2. The number of para-hydroxylation sites is 1. The van der Waals surface area contributed by atoms with E-state index in [1.807, 2.05) is 19.1 Å². The molecule has 0 bridgehead atoms. The van der Waals surface area contributed by atoms with Gasteiger partial charge in [0.25, 0.3) is 0 Å². The predicted molar refractivity (Wildman–Crippen MR) is 63.6 cm³/mol. The lowest BCUT2D eigenvalue weighted by Gasteiger charge is -2.13. The van der Waals surface area contributed by atoms with Gasteiger partial charge in [0, 0.05) is 0 Å². The Kier molecular flexibility index (Phi) is 4.60. The monoisotopic (exact) mass is 223 g/mol. The van der Waals surface area contributed by atoms with Gasteiger partial charge in [-0.05, 0) is 31.5 Å². The molecule has 0 atom stereocenters. The van der Waals surface area contributed by atoms with Crippen molar-refractivity contribution in [3.05, 3.63) is 23.8 Å². The number of anilines is 1. The van der Waals surface area contributed by atoms with Gasteiger partial charge in [0.2, 0.25) is 0 Å². The SMILES string of the molecule is Cc1cccc(OCCCN)c1NC(N)=O. The highest BCUT2D eigenvalue weighted by molar-refractivity contribution is 5.90. The topological polar surface area (TPSA) is 90.4 Å². The fourth-order valence-corrected chi connectivity index (χ4v) is 1.31. The molecule has 16 heavy (non-hydrogen) atoms. The van der Waals surface area contributed by atoms with E-state index in [-0.39, 0.29) is 0 Å². The fourth-order valence-electron chi connectivity index (χ4n) is 1.31. The first-order valence-corrected chi connectivity index (χ1v) is 5.14. The van der Waals surface area contributed by atoms with Crippen LogP contribution in [-0.4, -0.2) is 19.2 Å². The van der Waals surface area contributed by atoms with E-state index in [1.54, 1.807) is 6.07 Å². The van der Waals surface area contributed by atoms with Gasteiger partial charge < -0.3 is 21.5 Å². The van der Waals surface area contributed by atoms with Crippen molar-refractivity contribution < 1.29 is 9.53 Å². The normalized spacial score (nSPS) is 9.88. The van der Waals surface area contributed by atoms with Gasteiger partial charge in [-0.25, -0.2) is 4.79 Å². The summed E-state index contributed by atoms with van der Waals surface area (Å²) in [4.78, 5) is 10.8. The summed E-state index contributed by atoms with van der Waals surface area (Å²) in [5.74, 6) is 0.618. The largest absolute Gasteiger partial charge is 0.491 e. The lowest BCUT2D eigenvalue weighted by molar-refractivity contribution is 0.259. The molecule has 0 spiro atoms. The molecule has 0 aromatic heterocycles. The van der Waals surface area contributed by atoms with Crippen molar-refractivity contribution >= 4 is 11.7 Å². The van der Waals surface area contributed by atoms with Gasteiger partial charge in [-0.1, -0.05) is 12.1 Å². The van der Waals surface area contributed by atoms with Gasteiger partial charge in [-0.15, -0.1) is 0 Å². The number of nitrogens with two attached hydrogens (primary N) is 2. The third-order valence-electron chi connectivity index (χ3n) is 2.09. The molecule has 0 radical (unpaired) electrons. The second-order valence-electron chi connectivity index (χ2n) is 3.43. The summed E-state index contributed by atoms with van der Waals surface area (Å²) >= 11 is 0. The van der Waals surface area contributed by atoms with Crippen LogP contribution in [0.15, 0.2) is 18.2 Å². The Labute approximate surface area is 94.8 Å². The van der Waals surface area contributed by atoms with Gasteiger partial charge in [0.1, 0.15) is 5.75 Å². The van der Waals surface area contributed by atoms with Crippen LogP contribution in [0.3, 0.4) is 0 Å². The smallest absolute Gasteiger partial charge is 0.316 e. The lowest BCUT2D eigenvalue weighted by Crippen LogP contribution is -2.20. The molecule has 5 heteroatoms. The number of benzene rings is 1. The zero-order valence-electron chi connectivity index (χ0n) is 9.32. The maximum atomic E-state index is 10.8. The van der Waals surface area contributed by atoms with Crippen molar-refractivity contribution in [2.45, 2.75) is 13.3 Å². The minimum absolute atomic E-state index is 0.521. The van der Waals surface area contributed by atoms with Crippen molar-refractivity contribution in [1.82, 2.24) is 0 Å². The number of urea groups is 1. The Morgan fingerprint density at radius 3 is 2.88 bits per heavy atom. The average molecular weight is 223 g/mol. The Hall–Kier alpha value is -1.75. The molecule has 0 fully saturated rings. The molecule has 2 amide bonds. The van der Waals surface area contributed by atoms with E-state index in [1.165, 1.54) is 0 Å².